The molecule has 1 amide bonds. The lowest BCUT2D eigenvalue weighted by atomic mass is 10.2. The summed E-state index contributed by atoms with van der Waals surface area (Å²) in [6.45, 7) is 0. The number of rotatable bonds is 5. The predicted molar refractivity (Wildman–Crippen MR) is 124 cm³/mol. The van der Waals surface area contributed by atoms with Crippen molar-refractivity contribution in [1.82, 2.24) is 29.8 Å². The molecule has 0 saturated heterocycles. The van der Waals surface area contributed by atoms with E-state index in [-0.39, 0.29) is 22.2 Å². The molecule has 4 aromatic rings. The number of anilines is 1. The van der Waals surface area contributed by atoms with Crippen LogP contribution in [-0.2, 0) is 6.18 Å². The van der Waals surface area contributed by atoms with Gasteiger partial charge >= 0.3 is 6.18 Å². The van der Waals surface area contributed by atoms with Crippen LogP contribution in [0.4, 0.5) is 18.9 Å². The van der Waals surface area contributed by atoms with Gasteiger partial charge < -0.3 is 5.32 Å². The fraction of sp³-hybridized carbons (Fsp3) is 0.190. The second kappa shape index (κ2) is 8.76. The maximum atomic E-state index is 14.0. The fourth-order valence-electron chi connectivity index (χ4n) is 3.15. The Hall–Kier alpha value is -3.38. The highest BCUT2D eigenvalue weighted by atomic mass is 35.5. The fourth-order valence-corrected chi connectivity index (χ4v) is 4.35. The molecule has 34 heavy (non-hydrogen) atoms. The molecule has 0 saturated carbocycles. The zero-order valence-electron chi connectivity index (χ0n) is 18.2. The normalized spacial score (nSPS) is 12.6. The van der Waals surface area contributed by atoms with Gasteiger partial charge in [-0.2, -0.15) is 28.5 Å². The summed E-state index contributed by atoms with van der Waals surface area (Å²) in [6.07, 6.45) is 6.27. The molecule has 0 aliphatic carbocycles. The van der Waals surface area contributed by atoms with Gasteiger partial charge in [0, 0.05) is 0 Å². The number of carbonyl (C=O) groups excluding carboxylic acids is 1. The Labute approximate surface area is 199 Å². The van der Waals surface area contributed by atoms with E-state index in [9.17, 15) is 18.0 Å². The summed E-state index contributed by atoms with van der Waals surface area (Å²) in [7, 11) is -1.19. The molecule has 8 nitrogen and oxygen atoms in total. The number of alkyl halides is 3. The first kappa shape index (κ1) is 23.8. The zero-order valence-corrected chi connectivity index (χ0v) is 19.8. The number of nitrogens with one attached hydrogen (secondary N) is 1. The smallest absolute Gasteiger partial charge is 0.320 e. The Morgan fingerprint density at radius 2 is 1.76 bits per heavy atom. The first-order chi connectivity index (χ1) is 15.9. The van der Waals surface area contributed by atoms with Gasteiger partial charge in [-0.1, -0.05) is 17.7 Å². The average molecular weight is 510 g/mol. The second-order valence-electron chi connectivity index (χ2n) is 7.95. The lowest BCUT2D eigenvalue weighted by molar-refractivity contribution is -0.143. The Morgan fingerprint density at radius 1 is 1.06 bits per heavy atom. The molecule has 1 aromatic carbocycles. The van der Waals surface area contributed by atoms with Crippen LogP contribution in [-0.4, -0.2) is 54.4 Å². The summed E-state index contributed by atoms with van der Waals surface area (Å²) in [5.74, 6) is -0.798. The van der Waals surface area contributed by atoms with Crippen molar-refractivity contribution in [3.8, 4) is 11.5 Å². The standard InChI is InChI=1S/C21H19ClF3N7OS/c1-34(2,3)15-6-4-5-14(10-15)31-18(21(23,24)25)16(12-29-31)20(33)30-13-9-17(22)19(26-11-13)32-27-7-8-28-32/h4-12H,1-3H3,(H,30,33). The van der Waals surface area contributed by atoms with E-state index in [0.717, 1.165) is 15.8 Å². The van der Waals surface area contributed by atoms with Crippen molar-refractivity contribution in [1.29, 1.82) is 0 Å². The molecule has 3 heterocycles. The summed E-state index contributed by atoms with van der Waals surface area (Å²) < 4.78 is 42.9. The molecule has 0 fully saturated rings. The minimum absolute atomic E-state index is 0.0993. The van der Waals surface area contributed by atoms with E-state index in [2.05, 4.69) is 25.6 Å². The lowest BCUT2D eigenvalue weighted by Crippen LogP contribution is -2.21. The van der Waals surface area contributed by atoms with E-state index in [1.54, 1.807) is 12.1 Å². The summed E-state index contributed by atoms with van der Waals surface area (Å²) in [5.41, 5.74) is -1.49. The van der Waals surface area contributed by atoms with Crippen molar-refractivity contribution in [3.63, 3.8) is 0 Å². The van der Waals surface area contributed by atoms with E-state index in [4.69, 9.17) is 11.6 Å². The summed E-state index contributed by atoms with van der Waals surface area (Å²) in [5, 5.41) is 14.2. The van der Waals surface area contributed by atoms with E-state index in [1.807, 2.05) is 24.8 Å². The van der Waals surface area contributed by atoms with Gasteiger partial charge in [0.15, 0.2) is 11.5 Å². The van der Waals surface area contributed by atoms with Crippen molar-refractivity contribution in [2.75, 3.05) is 24.1 Å². The molecular formula is C21H19ClF3N7OS. The van der Waals surface area contributed by atoms with E-state index in [1.165, 1.54) is 35.5 Å². The van der Waals surface area contributed by atoms with Gasteiger partial charge in [-0.15, -0.1) is 4.80 Å². The number of amides is 1. The number of halogens is 4. The first-order valence-electron chi connectivity index (χ1n) is 9.73. The van der Waals surface area contributed by atoms with Gasteiger partial charge in [0.2, 0.25) is 0 Å². The lowest BCUT2D eigenvalue weighted by Gasteiger charge is -2.26. The largest absolute Gasteiger partial charge is 0.434 e. The van der Waals surface area contributed by atoms with Gasteiger partial charge in [-0.3, -0.25) is 4.79 Å². The van der Waals surface area contributed by atoms with Crippen LogP contribution in [0.15, 0.2) is 60.0 Å². The molecule has 0 spiro atoms. The monoisotopic (exact) mass is 509 g/mol. The average Bonchev–Trinajstić information content (AvgIpc) is 3.43. The molecule has 3 aromatic heterocycles. The van der Waals surface area contributed by atoms with E-state index in [0.29, 0.717) is 0 Å². The predicted octanol–water partition coefficient (Wildman–Crippen LogP) is 4.83. The zero-order chi connectivity index (χ0) is 24.7. The molecule has 1 N–H and O–H groups in total. The molecule has 0 aliphatic rings. The quantitative estimate of drug-likeness (QED) is 0.416. The SMILES string of the molecule is CS(C)(C)c1cccc(-n2ncc(C(=O)Nc3cnc(-n4nccn4)c(Cl)c3)c2C(F)(F)F)c1. The maximum absolute atomic E-state index is 14.0. The van der Waals surface area contributed by atoms with E-state index < -0.39 is 33.4 Å². The molecule has 0 bridgehead atoms. The maximum Gasteiger partial charge on any atom is 0.434 e. The van der Waals surface area contributed by atoms with Gasteiger partial charge in [0.25, 0.3) is 5.91 Å². The second-order valence-corrected chi connectivity index (χ2v) is 12.5. The highest BCUT2D eigenvalue weighted by molar-refractivity contribution is 8.32. The Bertz CT molecular complexity index is 1350. The number of hydrogen-bond acceptors (Lipinski definition) is 5. The van der Waals surface area contributed by atoms with Gasteiger partial charge in [0.1, 0.15) is 0 Å². The molecule has 178 valence electrons. The molecule has 0 atom stereocenters. The van der Waals surface area contributed by atoms with Crippen LogP contribution in [0.25, 0.3) is 11.5 Å². The van der Waals surface area contributed by atoms with Crippen LogP contribution in [0.5, 0.6) is 0 Å². The Morgan fingerprint density at radius 3 is 2.38 bits per heavy atom. The number of benzene rings is 1. The van der Waals surface area contributed by atoms with Gasteiger partial charge in [0.05, 0.1) is 46.7 Å². The van der Waals surface area contributed by atoms with E-state index >= 15 is 0 Å². The minimum Gasteiger partial charge on any atom is -0.320 e. The summed E-state index contributed by atoms with van der Waals surface area (Å²) in [4.78, 5) is 19.0. The Balaban J connectivity index is 1.68. The molecule has 13 heteroatoms. The molecular weight excluding hydrogens is 491 g/mol. The van der Waals surface area contributed by atoms with Crippen molar-refractivity contribution in [2.24, 2.45) is 0 Å². The number of nitrogens with zero attached hydrogens (tertiary/aromatic N) is 6. The van der Waals surface area contributed by atoms with Crippen LogP contribution < -0.4 is 5.32 Å². The molecule has 0 aliphatic heterocycles. The van der Waals surface area contributed by atoms with Crippen molar-refractivity contribution in [3.05, 3.63) is 71.4 Å². The summed E-state index contributed by atoms with van der Waals surface area (Å²) in [6, 6.07) is 8.06. The topological polar surface area (TPSA) is 90.5 Å². The molecule has 4 rings (SSSR count). The minimum atomic E-state index is -4.83. The van der Waals surface area contributed by atoms with Crippen molar-refractivity contribution < 1.29 is 18.0 Å². The third kappa shape index (κ3) is 4.77. The van der Waals surface area contributed by atoms with Crippen LogP contribution in [0.1, 0.15) is 16.1 Å². The van der Waals surface area contributed by atoms with Crippen LogP contribution in [0.2, 0.25) is 5.02 Å². The third-order valence-corrected chi connectivity index (χ3v) is 6.69. The third-order valence-electron chi connectivity index (χ3n) is 4.74. The number of carbonyl (C=O) groups is 1. The summed E-state index contributed by atoms with van der Waals surface area (Å²) >= 11 is 6.18. The molecule has 0 unspecified atom stereocenters. The Kier molecular flexibility index (Phi) is 6.13. The number of pyridine rings is 1. The van der Waals surface area contributed by atoms with Gasteiger partial charge in [-0.25, -0.2) is 19.7 Å². The highest BCUT2D eigenvalue weighted by Crippen LogP contribution is 2.45. The van der Waals surface area contributed by atoms with Crippen LogP contribution in [0, 0.1) is 0 Å². The van der Waals surface area contributed by atoms with Crippen LogP contribution >= 0.6 is 21.6 Å². The van der Waals surface area contributed by atoms with Crippen molar-refractivity contribution in [2.45, 2.75) is 11.1 Å². The highest BCUT2D eigenvalue weighted by Gasteiger charge is 2.40. The molecule has 0 radical (unpaired) electrons. The van der Waals surface area contributed by atoms with Gasteiger partial charge in [-0.05, 0) is 47.9 Å². The van der Waals surface area contributed by atoms with Crippen molar-refractivity contribution >= 4 is 33.2 Å². The first-order valence-corrected chi connectivity index (χ1v) is 13.0. The number of hydrogen-bond donors (Lipinski definition) is 1. The van der Waals surface area contributed by atoms with Crippen LogP contribution in [0.3, 0.4) is 0 Å². The number of aromatic nitrogens is 6.